The van der Waals surface area contributed by atoms with Gasteiger partial charge in [-0.25, -0.2) is 9.97 Å². The van der Waals surface area contributed by atoms with Crippen LogP contribution in [0.5, 0.6) is 0 Å². The molecule has 2 heterocycles. The molecular weight excluding hydrogens is 591 g/mol. The van der Waals surface area contributed by atoms with Crippen LogP contribution >= 0.6 is 23.2 Å². The maximum absolute atomic E-state index is 5.91. The molecule has 0 aromatic carbocycles. The highest BCUT2D eigenvalue weighted by Crippen LogP contribution is 2.46. The molecule has 0 amide bonds. The van der Waals surface area contributed by atoms with E-state index in [2.05, 4.69) is 35.9 Å². The smallest absolute Gasteiger partial charge is 0.129 e. The Balaban J connectivity index is 0.000000178. The van der Waals surface area contributed by atoms with Crippen LogP contribution in [0.1, 0.15) is 172 Å². The topological polar surface area (TPSA) is 25.8 Å². The van der Waals surface area contributed by atoms with Crippen LogP contribution in [-0.4, -0.2) is 9.97 Å². The largest absolute Gasteiger partial charge is 0.244 e. The summed E-state index contributed by atoms with van der Waals surface area (Å²) in [5, 5.41) is 1.23. The molecule has 2 nitrogen and oxygen atoms in total. The fourth-order valence-electron chi connectivity index (χ4n) is 9.90. The second-order valence-corrected chi connectivity index (χ2v) is 16.3. The van der Waals surface area contributed by atoms with Crippen molar-refractivity contribution in [2.45, 2.75) is 161 Å². The van der Waals surface area contributed by atoms with Crippen LogP contribution in [0.25, 0.3) is 0 Å². The zero-order chi connectivity index (χ0) is 31.4. The molecule has 45 heavy (non-hydrogen) atoms. The van der Waals surface area contributed by atoms with Crippen molar-refractivity contribution in [3.05, 3.63) is 58.1 Å². The highest BCUT2D eigenvalue weighted by atomic mass is 35.5. The number of hydrogen-bond donors (Lipinski definition) is 0. The van der Waals surface area contributed by atoms with Gasteiger partial charge < -0.3 is 0 Å². The van der Waals surface area contributed by atoms with E-state index in [1.165, 1.54) is 146 Å². The van der Waals surface area contributed by atoms with Crippen LogP contribution < -0.4 is 0 Å². The Kier molecular flexibility index (Phi) is 14.4. The van der Waals surface area contributed by atoms with Crippen LogP contribution in [0.2, 0.25) is 10.3 Å². The molecule has 0 N–H and O–H groups in total. The minimum absolute atomic E-state index is 0.612. The lowest BCUT2D eigenvalue weighted by molar-refractivity contribution is 0.156. The van der Waals surface area contributed by atoms with Gasteiger partial charge in [0.15, 0.2) is 0 Å². The van der Waals surface area contributed by atoms with E-state index >= 15 is 0 Å². The summed E-state index contributed by atoms with van der Waals surface area (Å²) in [5.74, 6) is 7.57. The highest BCUT2D eigenvalue weighted by molar-refractivity contribution is 6.29. The molecule has 4 fully saturated rings. The zero-order valence-electron chi connectivity index (χ0n) is 28.6. The van der Waals surface area contributed by atoms with Crippen molar-refractivity contribution in [1.82, 2.24) is 9.97 Å². The Hall–Kier alpha value is -1.12. The minimum atomic E-state index is 0.612. The number of aromatic nitrogens is 2. The first kappa shape index (κ1) is 35.2. The number of pyridine rings is 2. The average Bonchev–Trinajstić information content (AvgIpc) is 3.09. The predicted molar refractivity (Wildman–Crippen MR) is 193 cm³/mol. The molecule has 4 aliphatic carbocycles. The van der Waals surface area contributed by atoms with Crippen LogP contribution in [0.15, 0.2) is 36.7 Å². The van der Waals surface area contributed by atoms with E-state index in [9.17, 15) is 0 Å². The van der Waals surface area contributed by atoms with Gasteiger partial charge in [0, 0.05) is 12.4 Å². The summed E-state index contributed by atoms with van der Waals surface area (Å²) in [6.45, 7) is 4.65. The molecule has 0 radical (unpaired) electrons. The second kappa shape index (κ2) is 18.4. The third-order valence-corrected chi connectivity index (χ3v) is 13.2. The van der Waals surface area contributed by atoms with E-state index < -0.39 is 0 Å². The summed E-state index contributed by atoms with van der Waals surface area (Å²) in [7, 11) is 0. The minimum Gasteiger partial charge on any atom is -0.244 e. The van der Waals surface area contributed by atoms with Crippen molar-refractivity contribution < 1.29 is 0 Å². The van der Waals surface area contributed by atoms with E-state index in [0.29, 0.717) is 10.3 Å². The normalized spacial score (nSPS) is 32.4. The molecule has 2 aromatic rings. The van der Waals surface area contributed by atoms with Crippen molar-refractivity contribution in [2.24, 2.45) is 35.5 Å². The maximum Gasteiger partial charge on any atom is 0.129 e. The van der Waals surface area contributed by atoms with Crippen molar-refractivity contribution in [1.29, 1.82) is 0 Å². The number of nitrogens with zero attached hydrogens (tertiary/aromatic N) is 2. The lowest BCUT2D eigenvalue weighted by Gasteiger charge is -2.38. The highest BCUT2D eigenvalue weighted by Gasteiger charge is 2.32. The summed E-state index contributed by atoms with van der Waals surface area (Å²) < 4.78 is 0. The molecule has 0 unspecified atom stereocenters. The first-order chi connectivity index (χ1) is 22.0. The van der Waals surface area contributed by atoms with Crippen molar-refractivity contribution in [3.63, 3.8) is 0 Å². The van der Waals surface area contributed by atoms with Gasteiger partial charge in [0.05, 0.1) is 0 Å². The summed E-state index contributed by atoms with van der Waals surface area (Å²) in [6.07, 6.45) is 34.2. The maximum atomic E-state index is 5.91. The summed E-state index contributed by atoms with van der Waals surface area (Å²) >= 11 is 11.8. The SMILES string of the molecule is CCCC[C@H]1CC[C@H]([C@H]2CC[C@H](c3ccc(Cl)nc3)CC2)CC1.CCC[C@H]1CC[C@H]([C@H]2CC[C@H](c3ccc(Cl)nc3)CC2)CC1. The van der Waals surface area contributed by atoms with Gasteiger partial charge in [-0.15, -0.1) is 0 Å². The van der Waals surface area contributed by atoms with E-state index in [4.69, 9.17) is 23.2 Å². The summed E-state index contributed by atoms with van der Waals surface area (Å²) in [4.78, 5) is 8.52. The second-order valence-electron chi connectivity index (χ2n) is 15.5. The fraction of sp³-hybridized carbons (Fsp3) is 0.756. The van der Waals surface area contributed by atoms with Crippen LogP contribution in [-0.2, 0) is 0 Å². The number of hydrogen-bond acceptors (Lipinski definition) is 2. The molecule has 0 aliphatic heterocycles. The standard InChI is InChI=1S/C21H32ClN.C20H30ClN/c1-2-3-4-16-5-7-17(8-6-16)18-9-11-19(12-10-18)20-13-14-21(22)23-15-20;1-2-3-15-4-6-16(7-5-15)17-8-10-18(11-9-17)19-12-13-20(21)22-14-19/h13-19H,2-12H2,1H3;12-18H,2-11H2,1H3/t16-,17-,18-,19-;15-,16-,17-,18-. The Morgan fingerprint density at radius 1 is 0.489 bits per heavy atom. The first-order valence-corrected chi connectivity index (χ1v) is 20.0. The van der Waals surface area contributed by atoms with Gasteiger partial charge in [-0.1, -0.05) is 107 Å². The summed E-state index contributed by atoms with van der Waals surface area (Å²) in [6, 6.07) is 8.24. The Morgan fingerprint density at radius 3 is 1.20 bits per heavy atom. The molecule has 6 rings (SSSR count). The van der Waals surface area contributed by atoms with Gasteiger partial charge >= 0.3 is 0 Å². The van der Waals surface area contributed by atoms with Gasteiger partial charge in [-0.2, -0.15) is 0 Å². The van der Waals surface area contributed by atoms with Crippen LogP contribution in [0.4, 0.5) is 0 Å². The monoisotopic (exact) mass is 652 g/mol. The molecule has 4 aliphatic rings. The van der Waals surface area contributed by atoms with Crippen molar-refractivity contribution >= 4 is 23.2 Å². The van der Waals surface area contributed by atoms with E-state index in [-0.39, 0.29) is 0 Å². The third-order valence-electron chi connectivity index (χ3n) is 12.8. The van der Waals surface area contributed by atoms with E-state index in [0.717, 1.165) is 47.3 Å². The van der Waals surface area contributed by atoms with Crippen molar-refractivity contribution in [2.75, 3.05) is 0 Å². The van der Waals surface area contributed by atoms with Crippen molar-refractivity contribution in [3.8, 4) is 0 Å². The quantitative estimate of drug-likeness (QED) is 0.252. The molecule has 0 atom stereocenters. The summed E-state index contributed by atoms with van der Waals surface area (Å²) in [5.41, 5.74) is 2.80. The molecule has 0 spiro atoms. The van der Waals surface area contributed by atoms with E-state index in [1.807, 2.05) is 24.5 Å². The van der Waals surface area contributed by atoms with Gasteiger partial charge in [0.2, 0.25) is 0 Å². The van der Waals surface area contributed by atoms with Crippen LogP contribution in [0, 0.1) is 35.5 Å². The molecule has 4 heteroatoms. The average molecular weight is 654 g/mol. The number of rotatable bonds is 9. The molecule has 4 saturated carbocycles. The Bertz CT molecular complexity index is 1070. The van der Waals surface area contributed by atoms with Gasteiger partial charge in [0.1, 0.15) is 10.3 Å². The van der Waals surface area contributed by atoms with Gasteiger partial charge in [0.25, 0.3) is 0 Å². The lowest BCUT2D eigenvalue weighted by atomic mass is 9.68. The van der Waals surface area contributed by atoms with Gasteiger partial charge in [-0.3, -0.25) is 0 Å². The first-order valence-electron chi connectivity index (χ1n) is 19.2. The molecule has 0 saturated heterocycles. The fourth-order valence-corrected chi connectivity index (χ4v) is 10.1. The van der Waals surface area contributed by atoms with Crippen LogP contribution in [0.3, 0.4) is 0 Å². The Labute approximate surface area is 286 Å². The molecule has 0 bridgehead atoms. The zero-order valence-corrected chi connectivity index (χ0v) is 30.1. The number of unbranched alkanes of at least 4 members (excludes halogenated alkanes) is 1. The van der Waals surface area contributed by atoms with E-state index in [1.54, 1.807) is 0 Å². The molecule has 2 aromatic heterocycles. The third kappa shape index (κ3) is 10.7. The van der Waals surface area contributed by atoms with Gasteiger partial charge in [-0.05, 0) is 148 Å². The predicted octanol–water partition coefficient (Wildman–Crippen LogP) is 13.6. The Morgan fingerprint density at radius 2 is 0.867 bits per heavy atom. The number of halogens is 2. The lowest BCUT2D eigenvalue weighted by Crippen LogP contribution is -2.25. The molecule has 250 valence electrons. The molecular formula is C41H62Cl2N2.